The van der Waals surface area contributed by atoms with Crippen molar-refractivity contribution < 1.29 is 27.6 Å². The van der Waals surface area contributed by atoms with Crippen molar-refractivity contribution in [1.29, 1.82) is 0 Å². The second kappa shape index (κ2) is 6.95. The lowest BCUT2D eigenvalue weighted by Gasteiger charge is -2.10. The molecular weight excluding hydrogens is 317 g/mol. The van der Waals surface area contributed by atoms with Crippen LogP contribution in [-0.2, 0) is 6.61 Å². The molecule has 0 atom stereocenters. The molecule has 0 saturated carbocycles. The topological polar surface area (TPSA) is 74.5 Å². The molecule has 9 heteroatoms. The summed E-state index contributed by atoms with van der Waals surface area (Å²) in [5.41, 5.74) is 0.613. The van der Waals surface area contributed by atoms with Gasteiger partial charge in [0.1, 0.15) is 18.6 Å². The van der Waals surface area contributed by atoms with Crippen LogP contribution in [0.3, 0.4) is 0 Å². The number of hydrogen-bond donors (Lipinski definition) is 0. The van der Waals surface area contributed by atoms with Crippen LogP contribution < -0.4 is 9.47 Å². The van der Waals surface area contributed by atoms with E-state index in [-0.39, 0.29) is 18.1 Å². The summed E-state index contributed by atoms with van der Waals surface area (Å²) in [6, 6.07) is 8.65. The molecule has 0 bridgehead atoms. The van der Waals surface area contributed by atoms with Crippen molar-refractivity contribution >= 4 is 5.82 Å². The van der Waals surface area contributed by atoms with Crippen molar-refractivity contribution in [1.82, 2.24) is 4.98 Å². The molecule has 0 aliphatic rings. The molecule has 0 spiro atoms. The number of rotatable bonds is 6. The van der Waals surface area contributed by atoms with E-state index in [0.717, 1.165) is 0 Å². The fourth-order valence-corrected chi connectivity index (χ4v) is 1.64. The molecule has 1 aromatic carbocycles. The summed E-state index contributed by atoms with van der Waals surface area (Å²) in [5, 5.41) is 10.8. The van der Waals surface area contributed by atoms with Gasteiger partial charge in [-0.3, -0.25) is 0 Å². The van der Waals surface area contributed by atoms with Gasteiger partial charge in [-0.05, 0) is 39.7 Å². The molecule has 0 fully saturated rings. The molecule has 23 heavy (non-hydrogen) atoms. The third kappa shape index (κ3) is 5.13. The minimum absolute atomic E-state index is 0.00604. The highest BCUT2D eigenvalue weighted by molar-refractivity contribution is 5.38. The van der Waals surface area contributed by atoms with Gasteiger partial charge in [0.05, 0.1) is 0 Å². The molecule has 122 valence electrons. The van der Waals surface area contributed by atoms with Gasteiger partial charge in [-0.1, -0.05) is 12.1 Å². The minimum atomic E-state index is -4.40. The summed E-state index contributed by atoms with van der Waals surface area (Å²) in [5.74, 6) is -0.328. The quantitative estimate of drug-likeness (QED) is 0.599. The maximum atomic E-state index is 12.0. The Morgan fingerprint density at radius 2 is 1.83 bits per heavy atom. The Labute approximate surface area is 128 Å². The minimum Gasteiger partial charge on any atom is -0.484 e. The summed E-state index contributed by atoms with van der Waals surface area (Å²) in [7, 11) is 0. The van der Waals surface area contributed by atoms with Crippen molar-refractivity contribution in [3.05, 3.63) is 58.3 Å². The zero-order valence-corrected chi connectivity index (χ0v) is 11.6. The van der Waals surface area contributed by atoms with Crippen LogP contribution in [0.15, 0.2) is 42.6 Å². The number of nitro groups is 1. The van der Waals surface area contributed by atoms with Crippen LogP contribution in [-0.4, -0.2) is 22.7 Å². The molecule has 6 nitrogen and oxygen atoms in total. The van der Waals surface area contributed by atoms with Crippen molar-refractivity contribution in [3.63, 3.8) is 0 Å². The van der Waals surface area contributed by atoms with Crippen LogP contribution in [0.1, 0.15) is 5.56 Å². The van der Waals surface area contributed by atoms with E-state index in [1.54, 1.807) is 0 Å². The van der Waals surface area contributed by atoms with Crippen LogP contribution in [0.4, 0.5) is 19.0 Å². The fourth-order valence-electron chi connectivity index (χ4n) is 1.64. The average Bonchev–Trinajstić information content (AvgIpc) is 2.51. The van der Waals surface area contributed by atoms with Crippen molar-refractivity contribution in [2.75, 3.05) is 6.61 Å². The van der Waals surface area contributed by atoms with E-state index in [1.807, 2.05) is 0 Å². The summed E-state index contributed by atoms with van der Waals surface area (Å²) in [4.78, 5) is 13.7. The first kappa shape index (κ1) is 16.5. The second-order valence-electron chi connectivity index (χ2n) is 4.42. The van der Waals surface area contributed by atoms with E-state index in [9.17, 15) is 23.3 Å². The third-order valence-corrected chi connectivity index (χ3v) is 2.64. The summed E-state index contributed by atoms with van der Waals surface area (Å²) in [6.07, 6.45) is -3.13. The number of aromatic nitrogens is 1. The molecule has 0 aliphatic heterocycles. The number of alkyl halides is 3. The average molecular weight is 328 g/mol. The number of nitrogens with zero attached hydrogens (tertiary/aromatic N) is 2. The first-order chi connectivity index (χ1) is 10.8. The predicted octanol–water partition coefficient (Wildman–Crippen LogP) is 3.51. The molecule has 2 rings (SSSR count). The third-order valence-electron chi connectivity index (χ3n) is 2.64. The molecular formula is C14H11F3N2O4. The van der Waals surface area contributed by atoms with Gasteiger partial charge in [0.25, 0.3) is 0 Å². The maximum absolute atomic E-state index is 12.0. The summed E-state index contributed by atoms with van der Waals surface area (Å²) < 4.78 is 46.0. The monoisotopic (exact) mass is 328 g/mol. The molecule has 0 unspecified atom stereocenters. The molecule has 0 saturated heterocycles. The van der Waals surface area contributed by atoms with Gasteiger partial charge in [-0.2, -0.15) is 13.2 Å². The molecule has 1 aromatic heterocycles. The van der Waals surface area contributed by atoms with Crippen LogP contribution in [0.2, 0.25) is 0 Å². The second-order valence-corrected chi connectivity index (χ2v) is 4.42. The van der Waals surface area contributed by atoms with Gasteiger partial charge < -0.3 is 19.6 Å². The van der Waals surface area contributed by atoms with Crippen molar-refractivity contribution in [2.24, 2.45) is 0 Å². The van der Waals surface area contributed by atoms with Crippen LogP contribution in [0, 0.1) is 10.1 Å². The highest BCUT2D eigenvalue weighted by Gasteiger charge is 2.28. The Bertz CT molecular complexity index is 674. The van der Waals surface area contributed by atoms with Gasteiger partial charge in [0.15, 0.2) is 6.61 Å². The van der Waals surface area contributed by atoms with Crippen LogP contribution in [0.25, 0.3) is 0 Å². The lowest BCUT2D eigenvalue weighted by Crippen LogP contribution is -2.19. The van der Waals surface area contributed by atoms with Gasteiger partial charge in [0, 0.05) is 0 Å². The maximum Gasteiger partial charge on any atom is 0.422 e. The molecule has 1 heterocycles. The lowest BCUT2D eigenvalue weighted by atomic mass is 10.2. The Kier molecular flexibility index (Phi) is 4.99. The molecule has 0 radical (unpaired) electrons. The van der Waals surface area contributed by atoms with Crippen molar-refractivity contribution in [3.8, 4) is 11.5 Å². The number of halogens is 3. The fraction of sp³-hybridized carbons (Fsp3) is 0.214. The van der Waals surface area contributed by atoms with Crippen LogP contribution in [0.5, 0.6) is 11.5 Å². The van der Waals surface area contributed by atoms with Gasteiger partial charge in [-0.25, -0.2) is 0 Å². The molecule has 0 N–H and O–H groups in total. The van der Waals surface area contributed by atoms with E-state index in [1.165, 1.54) is 42.6 Å². The zero-order valence-electron chi connectivity index (χ0n) is 11.6. The van der Waals surface area contributed by atoms with Crippen molar-refractivity contribution in [2.45, 2.75) is 12.8 Å². The molecule has 2 aromatic rings. The first-order valence-corrected chi connectivity index (χ1v) is 6.36. The molecule has 0 amide bonds. The Morgan fingerprint density at radius 3 is 2.43 bits per heavy atom. The Morgan fingerprint density at radius 1 is 1.13 bits per heavy atom. The number of benzene rings is 1. The number of hydrogen-bond acceptors (Lipinski definition) is 5. The Hall–Kier alpha value is -2.84. The van der Waals surface area contributed by atoms with Gasteiger partial charge >= 0.3 is 12.0 Å². The van der Waals surface area contributed by atoms with Crippen LogP contribution >= 0.6 is 0 Å². The highest BCUT2D eigenvalue weighted by atomic mass is 19.4. The van der Waals surface area contributed by atoms with E-state index in [0.29, 0.717) is 5.56 Å². The summed E-state index contributed by atoms with van der Waals surface area (Å²) in [6.45, 7) is -1.36. The Balaban J connectivity index is 1.96. The van der Waals surface area contributed by atoms with E-state index in [2.05, 4.69) is 9.72 Å². The normalized spacial score (nSPS) is 11.1. The smallest absolute Gasteiger partial charge is 0.422 e. The lowest BCUT2D eigenvalue weighted by molar-refractivity contribution is -0.390. The van der Waals surface area contributed by atoms with E-state index >= 15 is 0 Å². The molecule has 0 aliphatic carbocycles. The van der Waals surface area contributed by atoms with Gasteiger partial charge in [0.2, 0.25) is 5.75 Å². The largest absolute Gasteiger partial charge is 0.484 e. The standard InChI is InChI=1S/C14H11F3N2O4/c15-14(16,17)9-23-11-5-3-10(4-6-11)8-22-12-2-1-7-18-13(12)19(20)21/h1-7H,8-9H2. The number of ether oxygens (including phenoxy) is 2. The van der Waals surface area contributed by atoms with E-state index < -0.39 is 23.5 Å². The zero-order chi connectivity index (χ0) is 16.9. The van der Waals surface area contributed by atoms with Gasteiger partial charge in [-0.15, -0.1) is 0 Å². The predicted molar refractivity (Wildman–Crippen MR) is 73.2 cm³/mol. The van der Waals surface area contributed by atoms with E-state index in [4.69, 9.17) is 4.74 Å². The number of pyridine rings is 1. The summed E-state index contributed by atoms with van der Waals surface area (Å²) >= 11 is 0. The first-order valence-electron chi connectivity index (χ1n) is 6.36. The SMILES string of the molecule is O=[N+]([O-])c1ncccc1OCc1ccc(OCC(F)(F)F)cc1. The highest BCUT2D eigenvalue weighted by Crippen LogP contribution is 2.24.